The third-order valence-electron chi connectivity index (χ3n) is 2.91. The van der Waals surface area contributed by atoms with Gasteiger partial charge in [0.25, 0.3) is 0 Å². The Bertz CT molecular complexity index is 340. The topological polar surface area (TPSA) is 32.3 Å². The van der Waals surface area contributed by atoms with Crippen molar-refractivity contribution in [1.29, 1.82) is 0 Å². The minimum Gasteiger partial charge on any atom is -0.396 e. The largest absolute Gasteiger partial charge is 0.396 e. The van der Waals surface area contributed by atoms with Gasteiger partial charge in [0.2, 0.25) is 0 Å². The molecule has 0 saturated carbocycles. The van der Waals surface area contributed by atoms with Crippen LogP contribution in [-0.4, -0.2) is 18.3 Å². The maximum Gasteiger partial charge on any atom is 0.0443 e. The fourth-order valence-electron chi connectivity index (χ4n) is 2.15. The zero-order valence-electron chi connectivity index (χ0n) is 8.67. The highest BCUT2D eigenvalue weighted by Crippen LogP contribution is 2.32. The van der Waals surface area contributed by atoms with Crippen molar-refractivity contribution in [3.63, 3.8) is 0 Å². The second-order valence-corrected chi connectivity index (χ2v) is 4.40. The van der Waals surface area contributed by atoms with E-state index in [4.69, 9.17) is 16.7 Å². The number of fused-ring (bicyclic) bond motifs is 1. The van der Waals surface area contributed by atoms with Crippen LogP contribution in [0.2, 0.25) is 5.02 Å². The molecule has 1 aromatic rings. The normalized spacial score (nSPS) is 19.2. The molecule has 0 heterocycles. The number of nitrogens with one attached hydrogen (secondary N) is 1. The lowest BCUT2D eigenvalue weighted by Gasteiger charge is -2.13. The molecule has 1 aromatic carbocycles. The van der Waals surface area contributed by atoms with E-state index in [0.717, 1.165) is 30.8 Å². The smallest absolute Gasteiger partial charge is 0.0443 e. The maximum atomic E-state index is 8.71. The van der Waals surface area contributed by atoms with Crippen molar-refractivity contribution < 1.29 is 5.11 Å². The SMILES string of the molecule is OCCCNC1CCc2cc(Cl)ccc21. The van der Waals surface area contributed by atoms with Crippen LogP contribution in [0.15, 0.2) is 18.2 Å². The molecule has 0 aliphatic heterocycles. The van der Waals surface area contributed by atoms with Gasteiger partial charge in [-0.25, -0.2) is 0 Å². The Kier molecular flexibility index (Phi) is 3.62. The minimum absolute atomic E-state index is 0.257. The van der Waals surface area contributed by atoms with Gasteiger partial charge in [-0.05, 0) is 49.1 Å². The third kappa shape index (κ3) is 2.51. The molecule has 2 N–H and O–H groups in total. The first-order valence-electron chi connectivity index (χ1n) is 5.44. The van der Waals surface area contributed by atoms with Crippen LogP contribution in [0.4, 0.5) is 0 Å². The molecule has 0 spiro atoms. The third-order valence-corrected chi connectivity index (χ3v) is 3.14. The van der Waals surface area contributed by atoms with Crippen molar-refractivity contribution in [2.24, 2.45) is 0 Å². The van der Waals surface area contributed by atoms with E-state index in [1.54, 1.807) is 0 Å². The summed E-state index contributed by atoms with van der Waals surface area (Å²) < 4.78 is 0. The highest BCUT2D eigenvalue weighted by Gasteiger charge is 2.21. The maximum absolute atomic E-state index is 8.71. The highest BCUT2D eigenvalue weighted by atomic mass is 35.5. The summed E-state index contributed by atoms with van der Waals surface area (Å²) in [7, 11) is 0. The van der Waals surface area contributed by atoms with Gasteiger partial charge < -0.3 is 10.4 Å². The van der Waals surface area contributed by atoms with Crippen LogP contribution in [0.3, 0.4) is 0 Å². The first-order chi connectivity index (χ1) is 7.31. The van der Waals surface area contributed by atoms with E-state index in [9.17, 15) is 0 Å². The van der Waals surface area contributed by atoms with Crippen LogP contribution in [0, 0.1) is 0 Å². The predicted octanol–water partition coefficient (Wildman–Crippen LogP) is 2.30. The average molecular weight is 226 g/mol. The van der Waals surface area contributed by atoms with Gasteiger partial charge in [0.1, 0.15) is 0 Å². The summed E-state index contributed by atoms with van der Waals surface area (Å²) in [5.41, 5.74) is 2.74. The van der Waals surface area contributed by atoms with Gasteiger partial charge in [-0.15, -0.1) is 0 Å². The summed E-state index contributed by atoms with van der Waals surface area (Å²) in [6.07, 6.45) is 3.06. The van der Waals surface area contributed by atoms with E-state index < -0.39 is 0 Å². The van der Waals surface area contributed by atoms with Crippen LogP contribution < -0.4 is 5.32 Å². The van der Waals surface area contributed by atoms with Crippen LogP contribution in [0.25, 0.3) is 0 Å². The Morgan fingerprint density at radius 1 is 1.47 bits per heavy atom. The Morgan fingerprint density at radius 2 is 2.33 bits per heavy atom. The zero-order chi connectivity index (χ0) is 10.7. The van der Waals surface area contributed by atoms with Crippen molar-refractivity contribution in [3.8, 4) is 0 Å². The van der Waals surface area contributed by atoms with Gasteiger partial charge in [-0.3, -0.25) is 0 Å². The molecule has 1 atom stereocenters. The van der Waals surface area contributed by atoms with Crippen molar-refractivity contribution in [2.75, 3.05) is 13.2 Å². The van der Waals surface area contributed by atoms with Crippen LogP contribution in [0.5, 0.6) is 0 Å². The van der Waals surface area contributed by atoms with Gasteiger partial charge in [-0.2, -0.15) is 0 Å². The molecular weight excluding hydrogens is 210 g/mol. The molecule has 1 aliphatic carbocycles. The van der Waals surface area contributed by atoms with Crippen molar-refractivity contribution in [2.45, 2.75) is 25.3 Å². The summed E-state index contributed by atoms with van der Waals surface area (Å²) in [6, 6.07) is 6.57. The monoisotopic (exact) mass is 225 g/mol. The fourth-order valence-corrected chi connectivity index (χ4v) is 2.35. The average Bonchev–Trinajstić information content (AvgIpc) is 2.61. The predicted molar refractivity (Wildman–Crippen MR) is 62.2 cm³/mol. The van der Waals surface area contributed by atoms with E-state index >= 15 is 0 Å². The second kappa shape index (κ2) is 4.97. The molecule has 2 rings (SSSR count). The molecule has 0 radical (unpaired) electrons. The summed E-state index contributed by atoms with van der Waals surface area (Å²) in [4.78, 5) is 0. The first-order valence-corrected chi connectivity index (χ1v) is 5.81. The summed E-state index contributed by atoms with van der Waals surface area (Å²) in [5.74, 6) is 0. The molecule has 2 nitrogen and oxygen atoms in total. The quantitative estimate of drug-likeness (QED) is 0.771. The van der Waals surface area contributed by atoms with Crippen molar-refractivity contribution >= 4 is 11.6 Å². The Balaban J connectivity index is 2.02. The summed E-state index contributed by atoms with van der Waals surface area (Å²) in [5, 5.41) is 13.0. The molecule has 0 fully saturated rings. The number of rotatable bonds is 4. The standard InChI is InChI=1S/C12H16ClNO/c13-10-3-4-11-9(8-10)2-5-12(11)14-6-1-7-15/h3-4,8,12,14-15H,1-2,5-7H2. The zero-order valence-corrected chi connectivity index (χ0v) is 9.43. The molecule has 15 heavy (non-hydrogen) atoms. The number of halogens is 1. The molecule has 1 aliphatic rings. The van der Waals surface area contributed by atoms with Gasteiger partial charge in [0.15, 0.2) is 0 Å². The van der Waals surface area contributed by atoms with Gasteiger partial charge in [0, 0.05) is 17.7 Å². The number of aliphatic hydroxyl groups is 1. The second-order valence-electron chi connectivity index (χ2n) is 3.97. The number of benzene rings is 1. The molecule has 0 bridgehead atoms. The summed E-state index contributed by atoms with van der Waals surface area (Å²) >= 11 is 5.94. The number of aliphatic hydroxyl groups excluding tert-OH is 1. The number of aryl methyl sites for hydroxylation is 1. The van der Waals surface area contributed by atoms with Crippen LogP contribution in [0.1, 0.15) is 30.0 Å². The molecule has 3 heteroatoms. The van der Waals surface area contributed by atoms with E-state index in [1.807, 2.05) is 6.07 Å². The minimum atomic E-state index is 0.257. The van der Waals surface area contributed by atoms with Gasteiger partial charge >= 0.3 is 0 Å². The summed E-state index contributed by atoms with van der Waals surface area (Å²) in [6.45, 7) is 1.14. The first kappa shape index (κ1) is 10.9. The molecule has 0 aromatic heterocycles. The van der Waals surface area contributed by atoms with E-state index in [-0.39, 0.29) is 6.61 Å². The van der Waals surface area contributed by atoms with Crippen molar-refractivity contribution in [3.05, 3.63) is 34.3 Å². The fraction of sp³-hybridized carbons (Fsp3) is 0.500. The Morgan fingerprint density at radius 3 is 3.13 bits per heavy atom. The van der Waals surface area contributed by atoms with Crippen LogP contribution >= 0.6 is 11.6 Å². The molecule has 82 valence electrons. The van der Waals surface area contributed by atoms with Gasteiger partial charge in [-0.1, -0.05) is 17.7 Å². The molecule has 0 saturated heterocycles. The molecular formula is C12H16ClNO. The van der Waals surface area contributed by atoms with E-state index in [2.05, 4.69) is 17.4 Å². The van der Waals surface area contributed by atoms with Crippen LogP contribution in [-0.2, 0) is 6.42 Å². The van der Waals surface area contributed by atoms with E-state index in [1.165, 1.54) is 11.1 Å². The molecule has 1 unspecified atom stereocenters. The number of hydrogen-bond acceptors (Lipinski definition) is 2. The molecule has 0 amide bonds. The Labute approximate surface area is 95.3 Å². The van der Waals surface area contributed by atoms with E-state index in [0.29, 0.717) is 6.04 Å². The lowest BCUT2D eigenvalue weighted by atomic mass is 10.1. The van der Waals surface area contributed by atoms with Crippen molar-refractivity contribution in [1.82, 2.24) is 5.32 Å². The Hall–Kier alpha value is -0.570. The lowest BCUT2D eigenvalue weighted by molar-refractivity contribution is 0.283. The highest BCUT2D eigenvalue weighted by molar-refractivity contribution is 6.30. The van der Waals surface area contributed by atoms with Gasteiger partial charge in [0.05, 0.1) is 0 Å². The number of hydrogen-bond donors (Lipinski definition) is 2. The lowest BCUT2D eigenvalue weighted by Crippen LogP contribution is -2.21.